The van der Waals surface area contributed by atoms with Crippen LogP contribution < -0.4 is 10.7 Å². The lowest BCUT2D eigenvalue weighted by Crippen LogP contribution is -2.34. The topological polar surface area (TPSA) is 45.6 Å². The van der Waals surface area contributed by atoms with Crippen LogP contribution in [0.15, 0.2) is 47.6 Å². The fourth-order valence-electron chi connectivity index (χ4n) is 1.92. The van der Waals surface area contributed by atoms with E-state index in [1.54, 1.807) is 7.11 Å². The van der Waals surface area contributed by atoms with Crippen LogP contribution in [0.4, 0.5) is 0 Å². The van der Waals surface area contributed by atoms with Gasteiger partial charge < -0.3 is 10.1 Å². The summed E-state index contributed by atoms with van der Waals surface area (Å²) >= 11 is 5.13. The molecule has 0 aliphatic rings. The number of ether oxygens (including phenoxy) is 1. The summed E-state index contributed by atoms with van der Waals surface area (Å²) < 4.78 is 4.94. The first-order valence-electron chi connectivity index (χ1n) is 6.77. The van der Waals surface area contributed by atoms with E-state index >= 15 is 0 Å². The van der Waals surface area contributed by atoms with Gasteiger partial charge >= 0.3 is 0 Å². The Labute approximate surface area is 130 Å². The quantitative estimate of drug-likeness (QED) is 0.386. The van der Waals surface area contributed by atoms with Crippen molar-refractivity contribution in [1.29, 1.82) is 0 Å². The highest BCUT2D eigenvalue weighted by molar-refractivity contribution is 7.80. The van der Waals surface area contributed by atoms with Crippen molar-refractivity contribution in [2.75, 3.05) is 20.3 Å². The molecule has 4 nitrogen and oxygen atoms in total. The zero-order valence-electron chi connectivity index (χ0n) is 12.2. The third-order valence-corrected chi connectivity index (χ3v) is 3.32. The van der Waals surface area contributed by atoms with Crippen LogP contribution in [0, 0.1) is 0 Å². The molecule has 21 heavy (non-hydrogen) atoms. The van der Waals surface area contributed by atoms with Gasteiger partial charge in [0.25, 0.3) is 0 Å². The molecule has 0 saturated carbocycles. The first-order chi connectivity index (χ1) is 10.2. The molecular formula is C16H19N3OS. The molecule has 0 bridgehead atoms. The van der Waals surface area contributed by atoms with Gasteiger partial charge in [0.05, 0.1) is 12.3 Å². The Balaban J connectivity index is 2.01. The molecule has 0 aliphatic carbocycles. The number of hydrazone groups is 1. The van der Waals surface area contributed by atoms with Crippen LogP contribution in [0.2, 0.25) is 0 Å². The molecule has 0 atom stereocenters. The van der Waals surface area contributed by atoms with Crippen molar-refractivity contribution in [1.82, 2.24) is 10.7 Å². The Bertz CT molecular complexity index is 655. The molecule has 0 spiro atoms. The van der Waals surface area contributed by atoms with Crippen LogP contribution in [0.25, 0.3) is 10.8 Å². The lowest BCUT2D eigenvalue weighted by Gasteiger charge is -2.08. The van der Waals surface area contributed by atoms with Gasteiger partial charge in [0, 0.05) is 13.7 Å². The maximum atomic E-state index is 5.13. The number of benzene rings is 2. The van der Waals surface area contributed by atoms with Crippen molar-refractivity contribution >= 4 is 33.8 Å². The standard InChI is InChI=1S/C16H19N3OS/c1-12(18-19-16(21)17-9-10-20-2)14-8-7-13-5-3-4-6-15(13)11-14/h3-8,11H,9-10H2,1-2H3,(H2,17,19,21)/b18-12-. The number of methoxy groups -OCH3 is 1. The molecule has 0 saturated heterocycles. The van der Waals surface area contributed by atoms with Crippen molar-refractivity contribution in [3.63, 3.8) is 0 Å². The highest BCUT2D eigenvalue weighted by Crippen LogP contribution is 2.15. The Kier molecular flexibility index (Phi) is 5.66. The molecule has 0 heterocycles. The fraction of sp³-hybridized carbons (Fsp3) is 0.250. The van der Waals surface area contributed by atoms with Crippen LogP contribution in [-0.4, -0.2) is 31.1 Å². The van der Waals surface area contributed by atoms with Crippen LogP contribution >= 0.6 is 12.2 Å². The third kappa shape index (κ3) is 4.51. The Morgan fingerprint density at radius 2 is 1.95 bits per heavy atom. The lowest BCUT2D eigenvalue weighted by atomic mass is 10.0. The molecule has 2 N–H and O–H groups in total. The molecule has 0 radical (unpaired) electrons. The summed E-state index contributed by atoms with van der Waals surface area (Å²) in [5, 5.41) is 10.2. The maximum absolute atomic E-state index is 5.13. The Morgan fingerprint density at radius 3 is 2.71 bits per heavy atom. The van der Waals surface area contributed by atoms with Crippen LogP contribution in [-0.2, 0) is 4.74 Å². The predicted molar refractivity (Wildman–Crippen MR) is 91.8 cm³/mol. The molecule has 2 aromatic carbocycles. The Hall–Kier alpha value is -1.98. The first kappa shape index (κ1) is 15.4. The normalized spacial score (nSPS) is 11.4. The summed E-state index contributed by atoms with van der Waals surface area (Å²) in [6, 6.07) is 14.5. The average Bonchev–Trinajstić information content (AvgIpc) is 2.52. The summed E-state index contributed by atoms with van der Waals surface area (Å²) in [7, 11) is 1.65. The summed E-state index contributed by atoms with van der Waals surface area (Å²) in [5.74, 6) is 0. The summed E-state index contributed by atoms with van der Waals surface area (Å²) in [4.78, 5) is 0. The van der Waals surface area contributed by atoms with Gasteiger partial charge in [0.15, 0.2) is 5.11 Å². The van der Waals surface area contributed by atoms with Gasteiger partial charge in [0.1, 0.15) is 0 Å². The SMILES string of the molecule is COCCNC(=S)N/N=C(/C)c1ccc2ccccc2c1. The number of nitrogens with zero attached hydrogens (tertiary/aromatic N) is 1. The van der Waals surface area contributed by atoms with Gasteiger partial charge in [-0.25, -0.2) is 0 Å². The van der Waals surface area contributed by atoms with Gasteiger partial charge in [-0.15, -0.1) is 0 Å². The molecule has 110 valence electrons. The molecular weight excluding hydrogens is 282 g/mol. The van der Waals surface area contributed by atoms with E-state index in [4.69, 9.17) is 17.0 Å². The highest BCUT2D eigenvalue weighted by Gasteiger charge is 2.00. The number of hydrogen-bond acceptors (Lipinski definition) is 3. The first-order valence-corrected chi connectivity index (χ1v) is 7.18. The third-order valence-electron chi connectivity index (χ3n) is 3.08. The number of nitrogens with one attached hydrogen (secondary N) is 2. The second-order valence-electron chi connectivity index (χ2n) is 4.62. The van der Waals surface area contributed by atoms with E-state index in [0.29, 0.717) is 18.3 Å². The molecule has 0 aromatic heterocycles. The Morgan fingerprint density at radius 1 is 1.19 bits per heavy atom. The average molecular weight is 301 g/mol. The number of hydrogen-bond donors (Lipinski definition) is 2. The summed E-state index contributed by atoms with van der Waals surface area (Å²) in [6.45, 7) is 3.22. The van der Waals surface area contributed by atoms with E-state index in [9.17, 15) is 0 Å². The molecule has 5 heteroatoms. The van der Waals surface area contributed by atoms with Crippen LogP contribution in [0.1, 0.15) is 12.5 Å². The van der Waals surface area contributed by atoms with E-state index in [0.717, 1.165) is 11.3 Å². The van der Waals surface area contributed by atoms with Crippen molar-refractivity contribution < 1.29 is 4.74 Å². The van der Waals surface area contributed by atoms with Gasteiger partial charge in [-0.2, -0.15) is 5.10 Å². The predicted octanol–water partition coefficient (Wildman–Crippen LogP) is 2.67. The summed E-state index contributed by atoms with van der Waals surface area (Å²) in [5.41, 5.74) is 4.80. The second kappa shape index (κ2) is 7.71. The molecule has 2 aromatic rings. The smallest absolute Gasteiger partial charge is 0.187 e. The van der Waals surface area contributed by atoms with Gasteiger partial charge in [-0.3, -0.25) is 5.43 Å². The van der Waals surface area contributed by atoms with E-state index in [1.165, 1.54) is 10.8 Å². The zero-order chi connectivity index (χ0) is 15.1. The van der Waals surface area contributed by atoms with Crippen molar-refractivity contribution in [3.05, 3.63) is 48.0 Å². The maximum Gasteiger partial charge on any atom is 0.187 e. The van der Waals surface area contributed by atoms with Crippen LogP contribution in [0.5, 0.6) is 0 Å². The van der Waals surface area contributed by atoms with Crippen LogP contribution in [0.3, 0.4) is 0 Å². The second-order valence-corrected chi connectivity index (χ2v) is 5.03. The highest BCUT2D eigenvalue weighted by atomic mass is 32.1. The molecule has 0 unspecified atom stereocenters. The number of rotatable bonds is 5. The number of fused-ring (bicyclic) bond motifs is 1. The van der Waals surface area contributed by atoms with Gasteiger partial charge in [0.2, 0.25) is 0 Å². The van der Waals surface area contributed by atoms with E-state index in [1.807, 2.05) is 19.1 Å². The fourth-order valence-corrected chi connectivity index (χ4v) is 2.07. The molecule has 0 aliphatic heterocycles. The summed E-state index contributed by atoms with van der Waals surface area (Å²) in [6.07, 6.45) is 0. The minimum Gasteiger partial charge on any atom is -0.383 e. The van der Waals surface area contributed by atoms with Crippen molar-refractivity contribution in [3.8, 4) is 0 Å². The molecule has 0 fully saturated rings. The largest absolute Gasteiger partial charge is 0.383 e. The molecule has 0 amide bonds. The lowest BCUT2D eigenvalue weighted by molar-refractivity contribution is 0.204. The number of thiocarbonyl (C=S) groups is 1. The van der Waals surface area contributed by atoms with Gasteiger partial charge in [-0.05, 0) is 41.5 Å². The monoisotopic (exact) mass is 301 g/mol. The van der Waals surface area contributed by atoms with Crippen molar-refractivity contribution in [2.45, 2.75) is 6.92 Å². The van der Waals surface area contributed by atoms with E-state index < -0.39 is 0 Å². The van der Waals surface area contributed by atoms with E-state index in [-0.39, 0.29) is 0 Å². The minimum absolute atomic E-state index is 0.493. The van der Waals surface area contributed by atoms with Crippen molar-refractivity contribution in [2.24, 2.45) is 5.10 Å². The van der Waals surface area contributed by atoms with Gasteiger partial charge in [-0.1, -0.05) is 36.4 Å². The van der Waals surface area contributed by atoms with E-state index in [2.05, 4.69) is 46.2 Å². The zero-order valence-corrected chi connectivity index (χ0v) is 13.0. The minimum atomic E-state index is 0.493. The molecule has 2 rings (SSSR count).